The van der Waals surface area contributed by atoms with Crippen molar-refractivity contribution in [2.24, 2.45) is 0 Å². The topological polar surface area (TPSA) is 44.1 Å². The molecule has 4 nitrogen and oxygen atoms in total. The van der Waals surface area contributed by atoms with Crippen LogP contribution in [0.3, 0.4) is 0 Å². The third-order valence-electron chi connectivity index (χ3n) is 3.69. The molecule has 0 unspecified atom stereocenters. The number of nitrogens with zero attached hydrogens (tertiary/aromatic N) is 2. The van der Waals surface area contributed by atoms with Crippen LogP contribution in [-0.2, 0) is 28.9 Å². The number of imidazole rings is 1. The molecular weight excluding hydrogens is 312 g/mol. The number of carbonyl (C=O) groups is 1. The van der Waals surface area contributed by atoms with Gasteiger partial charge >= 0.3 is 5.97 Å². The molecule has 0 amide bonds. The van der Waals surface area contributed by atoms with Gasteiger partial charge in [-0.05, 0) is 25.0 Å². The Balaban J connectivity index is 2.27. The summed E-state index contributed by atoms with van der Waals surface area (Å²) in [4.78, 5) is 16.3. The van der Waals surface area contributed by atoms with Crippen LogP contribution in [0.25, 0.3) is 0 Å². The summed E-state index contributed by atoms with van der Waals surface area (Å²) in [5, 5.41) is 0.727. The molecule has 1 aromatic heterocycles. The lowest BCUT2D eigenvalue weighted by Crippen LogP contribution is -2.14. The zero-order valence-electron chi connectivity index (χ0n) is 13.7. The first-order valence-corrected chi connectivity index (χ1v) is 8.45. The molecular formula is C18H23ClN2O2. The quantitative estimate of drug-likeness (QED) is 0.684. The van der Waals surface area contributed by atoms with Crippen molar-refractivity contribution in [3.63, 3.8) is 0 Å². The third-order valence-corrected chi connectivity index (χ3v) is 4.06. The molecule has 0 N–H and O–H groups in total. The number of rotatable bonds is 8. The van der Waals surface area contributed by atoms with Crippen LogP contribution >= 0.6 is 11.6 Å². The molecule has 2 aromatic rings. The minimum Gasteiger partial charge on any atom is -0.466 e. The van der Waals surface area contributed by atoms with Crippen LogP contribution in [0.5, 0.6) is 0 Å². The Morgan fingerprint density at radius 2 is 2.09 bits per heavy atom. The van der Waals surface area contributed by atoms with E-state index in [9.17, 15) is 4.79 Å². The van der Waals surface area contributed by atoms with Crippen molar-refractivity contribution < 1.29 is 9.53 Å². The number of unbranched alkanes of at least 4 members (excludes halogenated alkanes) is 1. The van der Waals surface area contributed by atoms with Crippen molar-refractivity contribution in [3.05, 3.63) is 52.6 Å². The van der Waals surface area contributed by atoms with Crippen LogP contribution in [0, 0.1) is 0 Å². The fourth-order valence-electron chi connectivity index (χ4n) is 2.48. The molecule has 124 valence electrons. The highest BCUT2D eigenvalue weighted by Crippen LogP contribution is 2.19. The van der Waals surface area contributed by atoms with Crippen molar-refractivity contribution >= 4 is 17.6 Å². The van der Waals surface area contributed by atoms with E-state index in [0.29, 0.717) is 13.2 Å². The van der Waals surface area contributed by atoms with Gasteiger partial charge in [0.25, 0.3) is 0 Å². The minimum atomic E-state index is -0.227. The summed E-state index contributed by atoms with van der Waals surface area (Å²) in [6.07, 6.45) is 5.07. The molecule has 23 heavy (non-hydrogen) atoms. The van der Waals surface area contributed by atoms with Gasteiger partial charge in [-0.25, -0.2) is 4.98 Å². The van der Waals surface area contributed by atoms with Crippen molar-refractivity contribution in [2.45, 2.75) is 46.1 Å². The number of hydrogen-bond acceptors (Lipinski definition) is 3. The van der Waals surface area contributed by atoms with Crippen LogP contribution in [0.4, 0.5) is 0 Å². The van der Waals surface area contributed by atoms with Gasteiger partial charge in [0.15, 0.2) is 0 Å². The van der Waals surface area contributed by atoms with Crippen molar-refractivity contribution in [1.82, 2.24) is 9.55 Å². The SMILES string of the molecule is CCCCc1ncc(CC(=O)OCC)n1Cc1ccccc1Cl. The lowest BCUT2D eigenvalue weighted by atomic mass is 10.2. The van der Waals surface area contributed by atoms with Crippen LogP contribution in [-0.4, -0.2) is 22.1 Å². The predicted octanol–water partition coefficient (Wildman–Crippen LogP) is 4.03. The molecule has 1 heterocycles. The number of halogens is 1. The number of aryl methyl sites for hydroxylation is 1. The molecule has 0 atom stereocenters. The average molecular weight is 335 g/mol. The highest BCUT2D eigenvalue weighted by atomic mass is 35.5. The van der Waals surface area contributed by atoms with Crippen LogP contribution < -0.4 is 0 Å². The van der Waals surface area contributed by atoms with Gasteiger partial charge in [0, 0.05) is 23.3 Å². The number of aromatic nitrogens is 2. The van der Waals surface area contributed by atoms with Crippen molar-refractivity contribution in [1.29, 1.82) is 0 Å². The van der Waals surface area contributed by atoms with E-state index >= 15 is 0 Å². The second-order valence-electron chi connectivity index (χ2n) is 5.43. The fourth-order valence-corrected chi connectivity index (χ4v) is 2.67. The van der Waals surface area contributed by atoms with E-state index in [1.165, 1.54) is 0 Å². The maximum Gasteiger partial charge on any atom is 0.311 e. The monoisotopic (exact) mass is 334 g/mol. The first-order valence-electron chi connectivity index (χ1n) is 8.08. The molecule has 0 saturated carbocycles. The Labute approximate surface area is 142 Å². The molecule has 0 aliphatic rings. The van der Waals surface area contributed by atoms with Gasteiger partial charge in [-0.15, -0.1) is 0 Å². The standard InChI is InChI=1S/C18H23ClN2O2/c1-3-5-10-17-20-12-15(11-18(22)23-4-2)21(17)13-14-8-6-7-9-16(14)19/h6-9,12H,3-5,10-11,13H2,1-2H3. The van der Waals surface area contributed by atoms with Crippen LogP contribution in [0.2, 0.25) is 5.02 Å². The first kappa shape index (κ1) is 17.5. The first-order chi connectivity index (χ1) is 11.2. The van der Waals surface area contributed by atoms with Gasteiger partial charge in [-0.3, -0.25) is 4.79 Å². The van der Waals surface area contributed by atoms with Gasteiger partial charge in [-0.2, -0.15) is 0 Å². The van der Waals surface area contributed by atoms with Crippen LogP contribution in [0.1, 0.15) is 43.8 Å². The van der Waals surface area contributed by atoms with Gasteiger partial charge < -0.3 is 9.30 Å². The number of esters is 1. The van der Waals surface area contributed by atoms with E-state index in [1.54, 1.807) is 6.20 Å². The summed E-state index contributed by atoms with van der Waals surface area (Å²) in [7, 11) is 0. The normalized spacial score (nSPS) is 10.7. The average Bonchev–Trinajstić information content (AvgIpc) is 2.89. The third kappa shape index (κ3) is 4.83. The fraction of sp³-hybridized carbons (Fsp3) is 0.444. The van der Waals surface area contributed by atoms with Crippen molar-refractivity contribution in [2.75, 3.05) is 6.61 Å². The molecule has 0 fully saturated rings. The zero-order valence-corrected chi connectivity index (χ0v) is 14.5. The minimum absolute atomic E-state index is 0.227. The van der Waals surface area contributed by atoms with E-state index in [0.717, 1.165) is 41.4 Å². The number of benzene rings is 1. The highest BCUT2D eigenvalue weighted by Gasteiger charge is 2.15. The van der Waals surface area contributed by atoms with Crippen molar-refractivity contribution in [3.8, 4) is 0 Å². The Kier molecular flexibility index (Phi) is 6.66. The lowest BCUT2D eigenvalue weighted by Gasteiger charge is -2.13. The summed E-state index contributed by atoms with van der Waals surface area (Å²) in [6.45, 7) is 4.97. The second-order valence-corrected chi connectivity index (χ2v) is 5.84. The summed E-state index contributed by atoms with van der Waals surface area (Å²) in [6, 6.07) is 7.76. The van der Waals surface area contributed by atoms with Gasteiger partial charge in [0.05, 0.1) is 19.6 Å². The summed E-state index contributed by atoms with van der Waals surface area (Å²) < 4.78 is 7.15. The molecule has 0 aliphatic heterocycles. The molecule has 5 heteroatoms. The number of hydrogen-bond donors (Lipinski definition) is 0. The smallest absolute Gasteiger partial charge is 0.311 e. The number of carbonyl (C=O) groups excluding carboxylic acids is 1. The van der Waals surface area contributed by atoms with E-state index in [-0.39, 0.29) is 12.4 Å². The van der Waals surface area contributed by atoms with Gasteiger partial charge in [0.1, 0.15) is 5.82 Å². The Bertz CT molecular complexity index is 652. The molecule has 0 aliphatic carbocycles. The van der Waals surface area contributed by atoms with Gasteiger partial charge in [-0.1, -0.05) is 43.1 Å². The van der Waals surface area contributed by atoms with E-state index < -0.39 is 0 Å². The van der Waals surface area contributed by atoms with E-state index in [2.05, 4.69) is 16.5 Å². The van der Waals surface area contributed by atoms with Gasteiger partial charge in [0.2, 0.25) is 0 Å². The molecule has 0 spiro atoms. The Hall–Kier alpha value is -1.81. The molecule has 0 saturated heterocycles. The molecule has 0 radical (unpaired) electrons. The second kappa shape index (κ2) is 8.73. The lowest BCUT2D eigenvalue weighted by molar-refractivity contribution is -0.142. The molecule has 0 bridgehead atoms. The summed E-state index contributed by atoms with van der Waals surface area (Å²) in [5.41, 5.74) is 1.89. The van der Waals surface area contributed by atoms with Crippen LogP contribution in [0.15, 0.2) is 30.5 Å². The summed E-state index contributed by atoms with van der Waals surface area (Å²) >= 11 is 6.28. The molecule has 1 aromatic carbocycles. The highest BCUT2D eigenvalue weighted by molar-refractivity contribution is 6.31. The maximum atomic E-state index is 11.8. The Morgan fingerprint density at radius 3 is 2.78 bits per heavy atom. The largest absolute Gasteiger partial charge is 0.466 e. The predicted molar refractivity (Wildman–Crippen MR) is 91.7 cm³/mol. The summed E-state index contributed by atoms with van der Waals surface area (Å²) in [5.74, 6) is 0.765. The molecule has 2 rings (SSSR count). The maximum absolute atomic E-state index is 11.8. The van der Waals surface area contributed by atoms with E-state index in [1.807, 2.05) is 31.2 Å². The Morgan fingerprint density at radius 1 is 1.30 bits per heavy atom. The number of ether oxygens (including phenoxy) is 1. The zero-order chi connectivity index (χ0) is 16.7. The van der Waals surface area contributed by atoms with E-state index in [4.69, 9.17) is 16.3 Å².